The highest BCUT2D eigenvalue weighted by Gasteiger charge is 2.06. The van der Waals surface area contributed by atoms with E-state index in [-0.39, 0.29) is 5.91 Å². The molecule has 3 nitrogen and oxygen atoms in total. The quantitative estimate of drug-likeness (QED) is 0.810. The van der Waals surface area contributed by atoms with Crippen LogP contribution in [-0.2, 0) is 11.2 Å². The third-order valence-corrected chi connectivity index (χ3v) is 4.41. The van der Waals surface area contributed by atoms with Crippen LogP contribution in [0.15, 0.2) is 17.0 Å². The number of nitrogens with one attached hydrogen (secondary N) is 1. The lowest BCUT2D eigenvalue weighted by Crippen LogP contribution is -2.25. The summed E-state index contributed by atoms with van der Waals surface area (Å²) in [6.07, 6.45) is 9.72. The molecule has 2 rings (SSSR count). The van der Waals surface area contributed by atoms with Crippen LogP contribution >= 0.6 is 11.3 Å². The van der Waals surface area contributed by atoms with Crippen molar-refractivity contribution in [1.29, 1.82) is 0 Å². The Morgan fingerprint density at radius 3 is 3.00 bits per heavy atom. The zero-order valence-electron chi connectivity index (χ0n) is 11.6. The second-order valence-electron chi connectivity index (χ2n) is 5.09. The number of hydrogen-bond donors (Lipinski definition) is 1. The summed E-state index contributed by atoms with van der Waals surface area (Å²) in [6, 6.07) is 0. The number of rotatable bonds is 6. The fourth-order valence-corrected chi connectivity index (χ4v) is 3.10. The first-order valence-corrected chi connectivity index (χ1v) is 7.97. The summed E-state index contributed by atoms with van der Waals surface area (Å²) in [6.45, 7) is 2.76. The molecule has 0 spiro atoms. The molecule has 0 aliphatic heterocycles. The lowest BCUT2D eigenvalue weighted by atomic mass is 9.97. The summed E-state index contributed by atoms with van der Waals surface area (Å²) in [5.41, 5.74) is 2.56. The lowest BCUT2D eigenvalue weighted by molar-refractivity contribution is -0.121. The van der Waals surface area contributed by atoms with Gasteiger partial charge in [0.1, 0.15) is 0 Å². The van der Waals surface area contributed by atoms with E-state index in [2.05, 4.69) is 16.4 Å². The summed E-state index contributed by atoms with van der Waals surface area (Å²) < 4.78 is 0. The first kappa shape index (κ1) is 14.3. The van der Waals surface area contributed by atoms with Crippen molar-refractivity contribution >= 4 is 17.2 Å². The normalized spacial score (nSPS) is 15.1. The van der Waals surface area contributed by atoms with Crippen molar-refractivity contribution in [2.24, 2.45) is 0 Å². The molecule has 1 N–H and O–H groups in total. The van der Waals surface area contributed by atoms with E-state index in [0.717, 1.165) is 30.1 Å². The standard InChI is InChI=1S/C15H22N2OS/c1-12-11-19-15(17-12)8-7-14(18)16-10-9-13-5-3-2-4-6-13/h5,11H,2-4,6-10H2,1H3,(H,16,18). The van der Waals surface area contributed by atoms with Gasteiger partial charge in [0, 0.05) is 30.5 Å². The zero-order chi connectivity index (χ0) is 13.5. The number of nitrogens with zero attached hydrogens (tertiary/aromatic N) is 1. The van der Waals surface area contributed by atoms with Crippen LogP contribution in [0, 0.1) is 6.92 Å². The van der Waals surface area contributed by atoms with E-state index < -0.39 is 0 Å². The molecule has 0 saturated heterocycles. The van der Waals surface area contributed by atoms with Crippen LogP contribution < -0.4 is 5.32 Å². The molecule has 1 aromatic heterocycles. The average molecular weight is 278 g/mol. The predicted molar refractivity (Wildman–Crippen MR) is 79.3 cm³/mol. The number of carbonyl (C=O) groups excluding carboxylic acids is 1. The minimum Gasteiger partial charge on any atom is -0.356 e. The maximum Gasteiger partial charge on any atom is 0.220 e. The monoisotopic (exact) mass is 278 g/mol. The van der Waals surface area contributed by atoms with Crippen molar-refractivity contribution in [2.75, 3.05) is 6.54 Å². The summed E-state index contributed by atoms with van der Waals surface area (Å²) in [4.78, 5) is 16.1. The summed E-state index contributed by atoms with van der Waals surface area (Å²) in [7, 11) is 0. The van der Waals surface area contributed by atoms with E-state index >= 15 is 0 Å². The molecular weight excluding hydrogens is 256 g/mol. The van der Waals surface area contributed by atoms with Gasteiger partial charge in [-0.2, -0.15) is 0 Å². The van der Waals surface area contributed by atoms with Crippen molar-refractivity contribution in [2.45, 2.75) is 51.9 Å². The molecule has 1 aliphatic rings. The molecule has 0 atom stereocenters. The van der Waals surface area contributed by atoms with Crippen LogP contribution in [0.1, 0.15) is 49.2 Å². The number of thiazole rings is 1. The van der Waals surface area contributed by atoms with Gasteiger partial charge in [-0.25, -0.2) is 4.98 Å². The van der Waals surface area contributed by atoms with Crippen LogP contribution in [0.4, 0.5) is 0 Å². The molecule has 1 heterocycles. The largest absolute Gasteiger partial charge is 0.356 e. The molecule has 1 aliphatic carbocycles. The van der Waals surface area contributed by atoms with Gasteiger partial charge in [-0.15, -0.1) is 11.3 Å². The fourth-order valence-electron chi connectivity index (χ4n) is 2.32. The molecule has 0 fully saturated rings. The number of aryl methyl sites for hydroxylation is 2. The second kappa shape index (κ2) is 7.43. The highest BCUT2D eigenvalue weighted by Crippen LogP contribution is 2.19. The molecule has 0 radical (unpaired) electrons. The molecule has 0 saturated carbocycles. The van der Waals surface area contributed by atoms with Gasteiger partial charge in [0.05, 0.1) is 5.01 Å². The molecule has 4 heteroatoms. The van der Waals surface area contributed by atoms with Gasteiger partial charge in [-0.05, 0) is 39.0 Å². The van der Waals surface area contributed by atoms with E-state index in [0.29, 0.717) is 6.42 Å². The van der Waals surface area contributed by atoms with Gasteiger partial charge in [0.2, 0.25) is 5.91 Å². The van der Waals surface area contributed by atoms with Crippen LogP contribution in [0.5, 0.6) is 0 Å². The Morgan fingerprint density at radius 2 is 2.32 bits per heavy atom. The van der Waals surface area contributed by atoms with Crippen LogP contribution in [0.3, 0.4) is 0 Å². The topological polar surface area (TPSA) is 42.0 Å². The van der Waals surface area contributed by atoms with Gasteiger partial charge in [-0.3, -0.25) is 4.79 Å². The molecule has 104 valence electrons. The number of allylic oxidation sites excluding steroid dienone is 1. The van der Waals surface area contributed by atoms with E-state index in [4.69, 9.17) is 0 Å². The second-order valence-corrected chi connectivity index (χ2v) is 6.03. The molecular formula is C15H22N2OS. The maximum atomic E-state index is 11.7. The Labute approximate surface area is 119 Å². The first-order chi connectivity index (χ1) is 9.24. The summed E-state index contributed by atoms with van der Waals surface area (Å²) >= 11 is 1.64. The van der Waals surface area contributed by atoms with Crippen molar-refractivity contribution in [3.05, 3.63) is 27.7 Å². The molecule has 0 unspecified atom stereocenters. The van der Waals surface area contributed by atoms with Gasteiger partial charge in [-0.1, -0.05) is 11.6 Å². The van der Waals surface area contributed by atoms with Crippen molar-refractivity contribution < 1.29 is 4.79 Å². The SMILES string of the molecule is Cc1csc(CCC(=O)NCCC2=CCCCC2)n1. The lowest BCUT2D eigenvalue weighted by Gasteiger charge is -2.12. The van der Waals surface area contributed by atoms with E-state index in [1.54, 1.807) is 11.3 Å². The smallest absolute Gasteiger partial charge is 0.220 e. The molecule has 0 bridgehead atoms. The van der Waals surface area contributed by atoms with Gasteiger partial charge >= 0.3 is 0 Å². The van der Waals surface area contributed by atoms with E-state index in [9.17, 15) is 4.79 Å². The highest BCUT2D eigenvalue weighted by atomic mass is 32.1. The van der Waals surface area contributed by atoms with E-state index in [1.807, 2.05) is 12.3 Å². The minimum absolute atomic E-state index is 0.143. The minimum atomic E-state index is 0.143. The number of aromatic nitrogens is 1. The first-order valence-electron chi connectivity index (χ1n) is 7.09. The Balaban J connectivity index is 1.60. The summed E-state index contributed by atoms with van der Waals surface area (Å²) in [5, 5.41) is 6.09. The molecule has 19 heavy (non-hydrogen) atoms. The highest BCUT2D eigenvalue weighted by molar-refractivity contribution is 7.09. The van der Waals surface area contributed by atoms with Crippen LogP contribution in [-0.4, -0.2) is 17.4 Å². The molecule has 1 aromatic rings. The van der Waals surface area contributed by atoms with Crippen molar-refractivity contribution in [3.8, 4) is 0 Å². The van der Waals surface area contributed by atoms with Gasteiger partial charge in [0.15, 0.2) is 0 Å². The molecule has 1 amide bonds. The predicted octanol–water partition coefficient (Wildman–Crippen LogP) is 3.39. The Kier molecular flexibility index (Phi) is 5.58. The Hall–Kier alpha value is -1.16. The fraction of sp³-hybridized carbons (Fsp3) is 0.600. The zero-order valence-corrected chi connectivity index (χ0v) is 12.4. The van der Waals surface area contributed by atoms with E-state index in [1.165, 1.54) is 31.3 Å². The average Bonchev–Trinajstić information content (AvgIpc) is 2.83. The molecule has 0 aromatic carbocycles. The van der Waals surface area contributed by atoms with Crippen molar-refractivity contribution in [3.63, 3.8) is 0 Å². The van der Waals surface area contributed by atoms with Gasteiger partial charge in [0.25, 0.3) is 0 Å². The Bertz CT molecular complexity index is 451. The third-order valence-electron chi connectivity index (χ3n) is 3.39. The number of hydrogen-bond acceptors (Lipinski definition) is 3. The maximum absolute atomic E-state index is 11.7. The Morgan fingerprint density at radius 1 is 1.42 bits per heavy atom. The van der Waals surface area contributed by atoms with Crippen LogP contribution in [0.25, 0.3) is 0 Å². The van der Waals surface area contributed by atoms with Gasteiger partial charge < -0.3 is 5.32 Å². The number of carbonyl (C=O) groups is 1. The van der Waals surface area contributed by atoms with Crippen molar-refractivity contribution in [1.82, 2.24) is 10.3 Å². The number of amides is 1. The third kappa shape index (κ3) is 5.15. The van der Waals surface area contributed by atoms with Crippen LogP contribution in [0.2, 0.25) is 0 Å². The summed E-state index contributed by atoms with van der Waals surface area (Å²) in [5.74, 6) is 0.143.